The molecule has 0 amide bonds. The second kappa shape index (κ2) is 5.75. The molecule has 0 saturated heterocycles. The topological polar surface area (TPSA) is 73.2 Å². The van der Waals surface area contributed by atoms with Gasteiger partial charge in [0.1, 0.15) is 5.60 Å². The zero-order valence-electron chi connectivity index (χ0n) is 12.1. The zero-order chi connectivity index (χ0) is 14.8. The van der Waals surface area contributed by atoms with Crippen molar-refractivity contribution < 1.29 is 9.90 Å². The van der Waals surface area contributed by atoms with Crippen LogP contribution in [0.1, 0.15) is 32.6 Å². The summed E-state index contributed by atoms with van der Waals surface area (Å²) in [7, 11) is 1.82. The van der Waals surface area contributed by atoms with E-state index in [9.17, 15) is 9.90 Å². The molecule has 108 valence electrons. The Labute approximate surface area is 119 Å². The number of carbonyl (C=O) groups excluding carboxylic acids is 1. The van der Waals surface area contributed by atoms with E-state index in [1.807, 2.05) is 31.5 Å². The zero-order valence-corrected chi connectivity index (χ0v) is 12.1. The van der Waals surface area contributed by atoms with Crippen molar-refractivity contribution in [2.75, 3.05) is 7.05 Å². The molecular weight excluding hydrogens is 252 g/mol. The Balaban J connectivity index is 2.04. The lowest BCUT2D eigenvalue weighted by Crippen LogP contribution is -2.40. The lowest BCUT2D eigenvalue weighted by Gasteiger charge is -2.35. The highest BCUT2D eigenvalue weighted by molar-refractivity contribution is 6.10. The Hall–Kier alpha value is -1.68. The molecule has 2 rings (SSSR count). The van der Waals surface area contributed by atoms with Crippen LogP contribution in [0.15, 0.2) is 35.6 Å². The second-order valence-corrected chi connectivity index (χ2v) is 5.64. The van der Waals surface area contributed by atoms with Crippen LogP contribution in [0.25, 0.3) is 0 Å². The molecule has 0 spiro atoms. The van der Waals surface area contributed by atoms with E-state index < -0.39 is 5.60 Å². The van der Waals surface area contributed by atoms with Gasteiger partial charge >= 0.3 is 0 Å². The summed E-state index contributed by atoms with van der Waals surface area (Å²) in [5.41, 5.74) is 1.38. The van der Waals surface area contributed by atoms with E-state index in [0.717, 1.165) is 24.0 Å². The van der Waals surface area contributed by atoms with Gasteiger partial charge in [-0.15, -0.1) is 0 Å². The number of rotatable bonds is 3. The molecule has 0 unspecified atom stereocenters. The van der Waals surface area contributed by atoms with Gasteiger partial charge in [0.25, 0.3) is 0 Å². The molecule has 0 bridgehead atoms. The predicted octanol–water partition coefficient (Wildman–Crippen LogP) is 2.12. The average Bonchev–Trinajstić information content (AvgIpc) is 2.42. The van der Waals surface area contributed by atoms with Gasteiger partial charge in [-0.05, 0) is 50.2 Å². The van der Waals surface area contributed by atoms with E-state index in [0.29, 0.717) is 24.5 Å². The van der Waals surface area contributed by atoms with Crippen LogP contribution >= 0.6 is 0 Å². The maximum Gasteiger partial charge on any atom is 0.161 e. The summed E-state index contributed by atoms with van der Waals surface area (Å²) in [5.74, 6) is 0.207. The number of hydrogen-bond acceptors (Lipinski definition) is 4. The van der Waals surface area contributed by atoms with Crippen molar-refractivity contribution in [3.05, 3.63) is 35.6 Å². The van der Waals surface area contributed by atoms with Gasteiger partial charge in [0, 0.05) is 18.8 Å². The number of carbonyl (C=O) groups is 1. The largest absolute Gasteiger partial charge is 0.393 e. The third-order valence-electron chi connectivity index (χ3n) is 4.32. The van der Waals surface area contributed by atoms with Crippen molar-refractivity contribution in [3.63, 3.8) is 0 Å². The summed E-state index contributed by atoms with van der Waals surface area (Å²) in [6.07, 6.45) is 10.3. The molecule has 0 aromatic carbocycles. The third kappa shape index (κ3) is 2.90. The first-order chi connectivity index (χ1) is 9.46. The average molecular weight is 274 g/mol. The minimum absolute atomic E-state index is 0.129. The van der Waals surface area contributed by atoms with Crippen LogP contribution in [0, 0.1) is 11.3 Å². The highest BCUT2D eigenvalue weighted by atomic mass is 16.3. The Morgan fingerprint density at radius 3 is 2.60 bits per heavy atom. The van der Waals surface area contributed by atoms with Crippen LogP contribution in [-0.4, -0.2) is 29.3 Å². The van der Waals surface area contributed by atoms with E-state index in [1.165, 1.54) is 6.92 Å². The SMILES string of the molecule is CN/C=C1/C=CC(C2CCC(O)(C(C)=O)CC2)=CC1=N. The molecule has 0 aliphatic heterocycles. The number of nitrogens with one attached hydrogen (secondary N) is 2. The standard InChI is InChI=1S/C16H22N2O2/c1-11(19)16(20)7-5-12(6-8-16)13-3-4-14(10-18-2)15(17)9-13/h3-4,9-10,12,17-18,20H,5-8H2,1-2H3/b14-10-,17-15?. The summed E-state index contributed by atoms with van der Waals surface area (Å²) in [6, 6.07) is 0. The first-order valence-electron chi connectivity index (χ1n) is 7.06. The molecule has 20 heavy (non-hydrogen) atoms. The molecule has 0 heterocycles. The Kier molecular flexibility index (Phi) is 4.23. The molecule has 0 aromatic heterocycles. The summed E-state index contributed by atoms with van der Waals surface area (Å²) in [6.45, 7) is 1.46. The highest BCUT2D eigenvalue weighted by Gasteiger charge is 2.37. The van der Waals surface area contributed by atoms with Crippen molar-refractivity contribution in [2.24, 2.45) is 5.92 Å². The molecule has 4 heteroatoms. The van der Waals surface area contributed by atoms with E-state index in [2.05, 4.69) is 5.32 Å². The summed E-state index contributed by atoms with van der Waals surface area (Å²) < 4.78 is 0. The number of allylic oxidation sites excluding steroid dienone is 5. The fourth-order valence-electron chi connectivity index (χ4n) is 2.89. The van der Waals surface area contributed by atoms with Gasteiger partial charge < -0.3 is 15.8 Å². The van der Waals surface area contributed by atoms with Crippen LogP contribution in [0.2, 0.25) is 0 Å². The maximum atomic E-state index is 11.4. The van der Waals surface area contributed by atoms with Gasteiger partial charge in [-0.3, -0.25) is 4.79 Å². The molecule has 4 nitrogen and oxygen atoms in total. The van der Waals surface area contributed by atoms with Crippen molar-refractivity contribution in [2.45, 2.75) is 38.2 Å². The minimum atomic E-state index is -1.12. The lowest BCUT2D eigenvalue weighted by atomic mass is 9.73. The molecule has 0 radical (unpaired) electrons. The van der Waals surface area contributed by atoms with Crippen molar-refractivity contribution in [1.29, 1.82) is 5.41 Å². The summed E-state index contributed by atoms with van der Waals surface area (Å²) >= 11 is 0. The normalized spacial score (nSPS) is 32.1. The third-order valence-corrected chi connectivity index (χ3v) is 4.32. The fourth-order valence-corrected chi connectivity index (χ4v) is 2.89. The number of hydrogen-bond donors (Lipinski definition) is 3. The second-order valence-electron chi connectivity index (χ2n) is 5.64. The molecule has 1 saturated carbocycles. The van der Waals surface area contributed by atoms with Crippen LogP contribution in [0.5, 0.6) is 0 Å². The quantitative estimate of drug-likeness (QED) is 0.738. The summed E-state index contributed by atoms with van der Waals surface area (Å²) in [4.78, 5) is 11.4. The van der Waals surface area contributed by atoms with E-state index in [-0.39, 0.29) is 5.78 Å². The highest BCUT2D eigenvalue weighted by Crippen LogP contribution is 2.37. The van der Waals surface area contributed by atoms with E-state index in [1.54, 1.807) is 0 Å². The smallest absolute Gasteiger partial charge is 0.161 e. The fraction of sp³-hybridized carbons (Fsp3) is 0.500. The first kappa shape index (κ1) is 14.7. The first-order valence-corrected chi connectivity index (χ1v) is 7.06. The summed E-state index contributed by atoms with van der Waals surface area (Å²) in [5, 5.41) is 21.1. The molecule has 0 aromatic rings. The van der Waals surface area contributed by atoms with Crippen LogP contribution in [0.3, 0.4) is 0 Å². The van der Waals surface area contributed by atoms with Gasteiger partial charge in [0.2, 0.25) is 0 Å². The van der Waals surface area contributed by atoms with E-state index >= 15 is 0 Å². The predicted molar refractivity (Wildman–Crippen MR) is 79.7 cm³/mol. The number of Topliss-reactive ketones (excluding diaryl/α,β-unsaturated/α-hetero) is 1. The molecule has 2 aliphatic carbocycles. The van der Waals surface area contributed by atoms with Gasteiger partial charge in [-0.25, -0.2) is 0 Å². The molecule has 3 N–H and O–H groups in total. The monoisotopic (exact) mass is 274 g/mol. The van der Waals surface area contributed by atoms with Crippen molar-refractivity contribution >= 4 is 11.5 Å². The molecule has 2 aliphatic rings. The Morgan fingerprint density at radius 2 is 2.10 bits per heavy atom. The maximum absolute atomic E-state index is 11.4. The lowest BCUT2D eigenvalue weighted by molar-refractivity contribution is -0.138. The van der Waals surface area contributed by atoms with Crippen LogP contribution < -0.4 is 5.32 Å². The minimum Gasteiger partial charge on any atom is -0.393 e. The van der Waals surface area contributed by atoms with Gasteiger partial charge in [-0.2, -0.15) is 0 Å². The number of aliphatic hydroxyl groups is 1. The van der Waals surface area contributed by atoms with Crippen molar-refractivity contribution in [3.8, 4) is 0 Å². The molecular formula is C16H22N2O2. The van der Waals surface area contributed by atoms with Gasteiger partial charge in [0.05, 0.1) is 5.71 Å². The molecule has 1 fully saturated rings. The van der Waals surface area contributed by atoms with E-state index in [4.69, 9.17) is 5.41 Å². The van der Waals surface area contributed by atoms with Crippen LogP contribution in [0.4, 0.5) is 0 Å². The van der Waals surface area contributed by atoms with Gasteiger partial charge in [0.15, 0.2) is 5.78 Å². The number of ketones is 1. The Morgan fingerprint density at radius 1 is 1.45 bits per heavy atom. The van der Waals surface area contributed by atoms with Crippen molar-refractivity contribution in [1.82, 2.24) is 5.32 Å². The molecule has 0 atom stereocenters. The Bertz CT molecular complexity index is 507. The van der Waals surface area contributed by atoms with Crippen LogP contribution in [-0.2, 0) is 4.79 Å². The van der Waals surface area contributed by atoms with Gasteiger partial charge in [-0.1, -0.05) is 12.2 Å².